The summed E-state index contributed by atoms with van der Waals surface area (Å²) in [7, 11) is 0. The number of benzene rings is 3. The van der Waals surface area contributed by atoms with Gasteiger partial charge in [-0.3, -0.25) is 4.79 Å². The molecule has 0 heterocycles. The van der Waals surface area contributed by atoms with Gasteiger partial charge >= 0.3 is 0 Å². The van der Waals surface area contributed by atoms with E-state index in [1.807, 2.05) is 91.9 Å². The summed E-state index contributed by atoms with van der Waals surface area (Å²) in [6, 6.07) is 26.8. The Labute approximate surface area is 180 Å². The fraction of sp³-hybridized carbons (Fsp3) is 0.0833. The zero-order valence-corrected chi connectivity index (χ0v) is 17.4. The van der Waals surface area contributed by atoms with Gasteiger partial charge in [-0.2, -0.15) is 5.26 Å². The van der Waals surface area contributed by atoms with Gasteiger partial charge < -0.3 is 5.32 Å². The molecule has 0 saturated carbocycles. The third-order valence-corrected chi connectivity index (χ3v) is 5.52. The number of halogens is 1. The third-order valence-electron chi connectivity index (χ3n) is 4.25. The van der Waals surface area contributed by atoms with Gasteiger partial charge in [0.2, 0.25) is 0 Å². The van der Waals surface area contributed by atoms with Crippen molar-refractivity contribution in [1.29, 1.82) is 5.26 Å². The third kappa shape index (κ3) is 5.99. The predicted molar refractivity (Wildman–Crippen MR) is 119 cm³/mol. The maximum atomic E-state index is 12.5. The summed E-state index contributed by atoms with van der Waals surface area (Å²) >= 11 is 7.53. The number of hydrogen-bond acceptors (Lipinski definition) is 3. The molecule has 3 nitrogen and oxygen atoms in total. The number of hydrogen-bond donors (Lipinski definition) is 1. The molecule has 0 aliphatic carbocycles. The van der Waals surface area contributed by atoms with E-state index < -0.39 is 0 Å². The second kappa shape index (κ2) is 9.97. The first-order valence-electron chi connectivity index (χ1n) is 9.06. The Kier molecular flexibility index (Phi) is 7.13. The van der Waals surface area contributed by atoms with Crippen LogP contribution in [0.25, 0.3) is 6.08 Å². The fourth-order valence-electron chi connectivity index (χ4n) is 2.69. The minimum absolute atomic E-state index is 0.0749. The van der Waals surface area contributed by atoms with E-state index in [0.29, 0.717) is 5.02 Å². The molecule has 0 bridgehead atoms. The highest BCUT2D eigenvalue weighted by Gasteiger charge is 2.13. The molecule has 0 aliphatic heterocycles. The zero-order valence-electron chi connectivity index (χ0n) is 15.8. The average Bonchev–Trinajstić information content (AvgIpc) is 2.75. The normalized spacial score (nSPS) is 12.1. The highest BCUT2D eigenvalue weighted by Crippen LogP contribution is 2.29. The summed E-state index contributed by atoms with van der Waals surface area (Å²) in [5.74, 6) is -0.386. The monoisotopic (exact) mass is 418 g/mol. The Morgan fingerprint density at radius 3 is 2.17 bits per heavy atom. The number of nitrogens with one attached hydrogen (secondary N) is 1. The maximum absolute atomic E-state index is 12.5. The van der Waals surface area contributed by atoms with Crippen molar-refractivity contribution in [3.63, 3.8) is 0 Å². The van der Waals surface area contributed by atoms with Crippen molar-refractivity contribution in [2.45, 2.75) is 22.8 Å². The molecule has 1 N–H and O–H groups in total. The van der Waals surface area contributed by atoms with Gasteiger partial charge in [-0.05, 0) is 60.5 Å². The molecule has 1 atom stereocenters. The number of nitrogens with zero attached hydrogens (tertiary/aromatic N) is 1. The van der Waals surface area contributed by atoms with E-state index in [2.05, 4.69) is 5.32 Å². The Balaban J connectivity index is 1.67. The molecule has 144 valence electrons. The molecule has 0 unspecified atom stereocenters. The second-order valence-electron chi connectivity index (χ2n) is 6.40. The van der Waals surface area contributed by atoms with Gasteiger partial charge in [0.25, 0.3) is 5.91 Å². The first-order valence-corrected chi connectivity index (χ1v) is 10.3. The summed E-state index contributed by atoms with van der Waals surface area (Å²) in [5, 5.41) is 13.0. The van der Waals surface area contributed by atoms with Crippen LogP contribution in [0.15, 0.2) is 94.2 Å². The summed E-state index contributed by atoms with van der Waals surface area (Å²) in [4.78, 5) is 14.6. The van der Waals surface area contributed by atoms with Gasteiger partial charge in [0.15, 0.2) is 0 Å². The first kappa shape index (κ1) is 20.7. The van der Waals surface area contributed by atoms with E-state index in [-0.39, 0.29) is 17.5 Å². The molecule has 1 amide bonds. The number of carbonyl (C=O) groups excluding carboxylic acids is 1. The summed E-state index contributed by atoms with van der Waals surface area (Å²) in [6.45, 7) is 1.89. The standard InChI is InChI=1S/C24H19ClN2OS/c1-17(19-5-3-2-4-6-19)27-24(28)20(16-26)15-18-7-11-22(12-8-18)29-23-13-9-21(25)10-14-23/h2-15,17H,1H3,(H,27,28)/b20-15-/t17-/m0/s1. The molecule has 0 radical (unpaired) electrons. The molecule has 5 heteroatoms. The van der Waals surface area contributed by atoms with Crippen LogP contribution in [0, 0.1) is 11.3 Å². The van der Waals surface area contributed by atoms with E-state index in [0.717, 1.165) is 20.9 Å². The Morgan fingerprint density at radius 1 is 1.00 bits per heavy atom. The summed E-state index contributed by atoms with van der Waals surface area (Å²) in [6.07, 6.45) is 1.60. The summed E-state index contributed by atoms with van der Waals surface area (Å²) in [5.41, 5.74) is 1.86. The van der Waals surface area contributed by atoms with E-state index in [4.69, 9.17) is 11.6 Å². The molecule has 0 aromatic heterocycles. The molecule has 0 spiro atoms. The van der Waals surface area contributed by atoms with Crippen LogP contribution in [0.3, 0.4) is 0 Å². The molecule has 29 heavy (non-hydrogen) atoms. The summed E-state index contributed by atoms with van der Waals surface area (Å²) < 4.78 is 0. The first-order chi connectivity index (χ1) is 14.0. The van der Waals surface area contributed by atoms with E-state index in [9.17, 15) is 10.1 Å². The molecule has 0 aliphatic rings. The van der Waals surface area contributed by atoms with Crippen molar-refractivity contribution < 1.29 is 4.79 Å². The van der Waals surface area contributed by atoms with Crippen LogP contribution in [-0.4, -0.2) is 5.91 Å². The SMILES string of the molecule is C[C@H](NC(=O)/C(C#N)=C\c1ccc(Sc2ccc(Cl)cc2)cc1)c1ccccc1. The Bertz CT molecular complexity index is 1040. The topological polar surface area (TPSA) is 52.9 Å². The maximum Gasteiger partial charge on any atom is 0.262 e. The van der Waals surface area contributed by atoms with Crippen LogP contribution < -0.4 is 5.32 Å². The highest BCUT2D eigenvalue weighted by atomic mass is 35.5. The van der Waals surface area contributed by atoms with Gasteiger partial charge in [-0.1, -0.05) is 65.8 Å². The van der Waals surface area contributed by atoms with Crippen molar-refractivity contribution in [1.82, 2.24) is 5.32 Å². The molecule has 0 saturated heterocycles. The van der Waals surface area contributed by atoms with Crippen molar-refractivity contribution in [3.8, 4) is 6.07 Å². The van der Waals surface area contributed by atoms with Crippen molar-refractivity contribution >= 4 is 35.3 Å². The number of amides is 1. The number of carbonyl (C=O) groups is 1. The lowest BCUT2D eigenvalue weighted by Gasteiger charge is -2.13. The highest BCUT2D eigenvalue weighted by molar-refractivity contribution is 7.99. The number of nitriles is 1. The van der Waals surface area contributed by atoms with Gasteiger partial charge in [-0.15, -0.1) is 0 Å². The molecule has 0 fully saturated rings. The van der Waals surface area contributed by atoms with Crippen molar-refractivity contribution in [2.24, 2.45) is 0 Å². The lowest BCUT2D eigenvalue weighted by atomic mass is 10.1. The van der Waals surface area contributed by atoms with Crippen molar-refractivity contribution in [2.75, 3.05) is 0 Å². The quantitative estimate of drug-likeness (QED) is 0.378. The van der Waals surface area contributed by atoms with Crippen LogP contribution in [0.4, 0.5) is 0 Å². The zero-order chi connectivity index (χ0) is 20.6. The van der Waals surface area contributed by atoms with E-state index >= 15 is 0 Å². The van der Waals surface area contributed by atoms with Crippen LogP contribution in [0.2, 0.25) is 5.02 Å². The molecule has 3 aromatic rings. The molecule has 3 aromatic carbocycles. The average molecular weight is 419 g/mol. The lowest BCUT2D eigenvalue weighted by Crippen LogP contribution is -2.27. The van der Waals surface area contributed by atoms with E-state index in [1.165, 1.54) is 0 Å². The lowest BCUT2D eigenvalue weighted by molar-refractivity contribution is -0.117. The van der Waals surface area contributed by atoms with Crippen LogP contribution in [-0.2, 0) is 4.79 Å². The molecule has 3 rings (SSSR count). The van der Waals surface area contributed by atoms with Gasteiger partial charge in [0, 0.05) is 14.8 Å². The predicted octanol–water partition coefficient (Wildman–Crippen LogP) is 6.28. The Morgan fingerprint density at radius 2 is 1.59 bits per heavy atom. The second-order valence-corrected chi connectivity index (χ2v) is 7.98. The molecular weight excluding hydrogens is 400 g/mol. The van der Waals surface area contributed by atoms with Crippen LogP contribution in [0.5, 0.6) is 0 Å². The smallest absolute Gasteiger partial charge is 0.262 e. The van der Waals surface area contributed by atoms with Crippen LogP contribution >= 0.6 is 23.4 Å². The largest absolute Gasteiger partial charge is 0.345 e. The Hall–Kier alpha value is -3.00. The van der Waals surface area contributed by atoms with E-state index in [1.54, 1.807) is 17.8 Å². The molecular formula is C24H19ClN2OS. The minimum atomic E-state index is -0.386. The van der Waals surface area contributed by atoms with Gasteiger partial charge in [0.1, 0.15) is 11.6 Å². The fourth-order valence-corrected chi connectivity index (χ4v) is 3.63. The number of rotatable bonds is 6. The van der Waals surface area contributed by atoms with Gasteiger partial charge in [0.05, 0.1) is 6.04 Å². The van der Waals surface area contributed by atoms with Gasteiger partial charge in [-0.25, -0.2) is 0 Å². The van der Waals surface area contributed by atoms with Crippen LogP contribution in [0.1, 0.15) is 24.1 Å². The minimum Gasteiger partial charge on any atom is -0.345 e. The van der Waals surface area contributed by atoms with Crippen molar-refractivity contribution in [3.05, 3.63) is 101 Å².